The van der Waals surface area contributed by atoms with E-state index >= 15 is 0 Å². The van der Waals surface area contributed by atoms with E-state index in [1.807, 2.05) is 42.5 Å². The molecule has 0 bridgehead atoms. The first-order valence-corrected chi connectivity index (χ1v) is 9.40. The molecule has 3 nitrogen and oxygen atoms in total. The van der Waals surface area contributed by atoms with Gasteiger partial charge in [-0.2, -0.15) is 0 Å². The van der Waals surface area contributed by atoms with E-state index in [1.54, 1.807) is 0 Å². The van der Waals surface area contributed by atoms with Crippen LogP contribution in [0, 0.1) is 5.92 Å². The Balaban J connectivity index is 0.00000168. The van der Waals surface area contributed by atoms with Crippen molar-refractivity contribution in [2.24, 2.45) is 5.92 Å². The Morgan fingerprint density at radius 1 is 0.962 bits per heavy atom. The van der Waals surface area contributed by atoms with Crippen LogP contribution in [0.4, 0.5) is 0 Å². The SMILES string of the molecule is Br.O=C1c2ccccc2Oc2ccccc2C12CCN(CC1CC1)CC2. The molecule has 3 aliphatic rings. The Morgan fingerprint density at radius 3 is 2.35 bits per heavy atom. The molecule has 26 heavy (non-hydrogen) atoms. The molecule has 0 amide bonds. The van der Waals surface area contributed by atoms with Gasteiger partial charge in [-0.25, -0.2) is 0 Å². The number of hydrogen-bond donors (Lipinski definition) is 0. The number of ether oxygens (including phenoxy) is 1. The van der Waals surface area contributed by atoms with Gasteiger partial charge in [0.1, 0.15) is 11.5 Å². The third-order valence-electron chi connectivity index (χ3n) is 6.11. The van der Waals surface area contributed by atoms with Crippen LogP contribution in [0.3, 0.4) is 0 Å². The van der Waals surface area contributed by atoms with Crippen molar-refractivity contribution in [1.29, 1.82) is 0 Å². The van der Waals surface area contributed by atoms with Gasteiger partial charge in [0, 0.05) is 12.1 Å². The topological polar surface area (TPSA) is 29.5 Å². The Hall–Kier alpha value is -1.65. The Labute approximate surface area is 165 Å². The summed E-state index contributed by atoms with van der Waals surface area (Å²) < 4.78 is 6.17. The lowest BCUT2D eigenvalue weighted by Crippen LogP contribution is -2.47. The lowest BCUT2D eigenvalue weighted by Gasteiger charge is -2.40. The number of carbonyl (C=O) groups excluding carboxylic acids is 1. The highest BCUT2D eigenvalue weighted by Crippen LogP contribution is 2.48. The normalized spacial score (nSPS) is 21.2. The molecule has 1 saturated heterocycles. The molecule has 5 rings (SSSR count). The number of likely N-dealkylation sites (tertiary alicyclic amines) is 1. The average molecular weight is 414 g/mol. The van der Waals surface area contributed by atoms with Gasteiger partial charge in [0.05, 0.1) is 11.0 Å². The molecule has 0 atom stereocenters. The molecular formula is C22H24BrNO2. The van der Waals surface area contributed by atoms with Crippen LogP contribution in [-0.2, 0) is 5.41 Å². The third-order valence-corrected chi connectivity index (χ3v) is 6.11. The summed E-state index contributed by atoms with van der Waals surface area (Å²) in [7, 11) is 0. The minimum Gasteiger partial charge on any atom is -0.456 e. The largest absolute Gasteiger partial charge is 0.456 e. The molecule has 2 fully saturated rings. The first kappa shape index (κ1) is 17.7. The summed E-state index contributed by atoms with van der Waals surface area (Å²) in [5.41, 5.74) is 1.36. The monoisotopic (exact) mass is 413 g/mol. The van der Waals surface area contributed by atoms with E-state index < -0.39 is 5.41 Å². The Kier molecular flexibility index (Phi) is 4.66. The van der Waals surface area contributed by atoms with Crippen molar-refractivity contribution in [3.63, 3.8) is 0 Å². The Bertz CT molecular complexity index is 822. The van der Waals surface area contributed by atoms with E-state index in [0.717, 1.165) is 48.7 Å². The number of Topliss-reactive ketones (excluding diaryl/α,β-unsaturated/α-hetero) is 1. The maximum atomic E-state index is 13.6. The predicted octanol–water partition coefficient (Wildman–Crippen LogP) is 5.00. The van der Waals surface area contributed by atoms with Gasteiger partial charge in [-0.3, -0.25) is 4.79 Å². The molecule has 1 saturated carbocycles. The lowest BCUT2D eigenvalue weighted by molar-refractivity contribution is 0.0769. The van der Waals surface area contributed by atoms with Crippen molar-refractivity contribution in [3.05, 3.63) is 59.7 Å². The number of fused-ring (bicyclic) bond motifs is 3. The van der Waals surface area contributed by atoms with Gasteiger partial charge in [-0.05, 0) is 62.9 Å². The first-order valence-electron chi connectivity index (χ1n) is 9.40. The fourth-order valence-corrected chi connectivity index (χ4v) is 4.47. The summed E-state index contributed by atoms with van der Waals surface area (Å²) in [5.74, 6) is 2.67. The summed E-state index contributed by atoms with van der Waals surface area (Å²) in [6.07, 6.45) is 4.52. The van der Waals surface area contributed by atoms with E-state index in [1.165, 1.54) is 19.4 Å². The van der Waals surface area contributed by atoms with Crippen LogP contribution >= 0.6 is 17.0 Å². The van der Waals surface area contributed by atoms with Gasteiger partial charge in [-0.15, -0.1) is 17.0 Å². The van der Waals surface area contributed by atoms with Gasteiger partial charge in [0.15, 0.2) is 5.78 Å². The van der Waals surface area contributed by atoms with Crippen LogP contribution in [0.1, 0.15) is 41.6 Å². The smallest absolute Gasteiger partial charge is 0.177 e. The fourth-order valence-electron chi connectivity index (χ4n) is 4.47. The third kappa shape index (κ3) is 2.89. The number of halogens is 1. The number of rotatable bonds is 2. The molecule has 1 spiro atoms. The van der Waals surface area contributed by atoms with Crippen molar-refractivity contribution in [2.45, 2.75) is 31.1 Å². The maximum Gasteiger partial charge on any atom is 0.177 e. The highest BCUT2D eigenvalue weighted by Gasteiger charge is 2.47. The zero-order chi connectivity index (χ0) is 16.9. The van der Waals surface area contributed by atoms with Crippen molar-refractivity contribution < 1.29 is 9.53 Å². The summed E-state index contributed by atoms with van der Waals surface area (Å²) in [6, 6.07) is 15.8. The molecule has 2 aromatic rings. The molecule has 0 unspecified atom stereocenters. The second-order valence-electron chi connectivity index (χ2n) is 7.75. The van der Waals surface area contributed by atoms with E-state index in [-0.39, 0.29) is 22.8 Å². The van der Waals surface area contributed by atoms with E-state index in [2.05, 4.69) is 11.0 Å². The summed E-state index contributed by atoms with van der Waals surface area (Å²) >= 11 is 0. The standard InChI is InChI=1S/C22H23NO2.BrH/c24-21-17-5-1-3-7-19(17)25-20-8-4-2-6-18(20)22(21)11-13-23(14-12-22)15-16-9-10-16;/h1-8,16H,9-15H2;1H. The summed E-state index contributed by atoms with van der Waals surface area (Å²) in [6.45, 7) is 3.20. The molecule has 0 aromatic heterocycles. The summed E-state index contributed by atoms with van der Waals surface area (Å²) in [4.78, 5) is 16.2. The summed E-state index contributed by atoms with van der Waals surface area (Å²) in [5, 5.41) is 0. The van der Waals surface area contributed by atoms with E-state index in [0.29, 0.717) is 5.75 Å². The minimum absolute atomic E-state index is 0. The van der Waals surface area contributed by atoms with E-state index in [9.17, 15) is 4.79 Å². The van der Waals surface area contributed by atoms with Crippen LogP contribution < -0.4 is 4.74 Å². The highest BCUT2D eigenvalue weighted by molar-refractivity contribution is 8.93. The molecule has 0 N–H and O–H groups in total. The van der Waals surface area contributed by atoms with Crippen LogP contribution in [0.5, 0.6) is 11.5 Å². The highest BCUT2D eigenvalue weighted by atomic mass is 79.9. The average Bonchev–Trinajstić information content (AvgIpc) is 3.47. The fraction of sp³-hybridized carbons (Fsp3) is 0.409. The molecular weight excluding hydrogens is 390 g/mol. The van der Waals surface area contributed by atoms with Gasteiger partial charge in [-0.1, -0.05) is 30.3 Å². The van der Waals surface area contributed by atoms with Crippen LogP contribution in [-0.4, -0.2) is 30.3 Å². The van der Waals surface area contributed by atoms with Gasteiger partial charge < -0.3 is 9.64 Å². The molecule has 1 aliphatic carbocycles. The van der Waals surface area contributed by atoms with Crippen molar-refractivity contribution in [1.82, 2.24) is 4.90 Å². The molecule has 4 heteroatoms. The zero-order valence-corrected chi connectivity index (χ0v) is 16.5. The number of hydrogen-bond acceptors (Lipinski definition) is 3. The van der Waals surface area contributed by atoms with Crippen molar-refractivity contribution in [2.75, 3.05) is 19.6 Å². The second kappa shape index (κ2) is 6.82. The quantitative estimate of drug-likeness (QED) is 0.693. The van der Waals surface area contributed by atoms with Crippen LogP contribution in [0.2, 0.25) is 0 Å². The van der Waals surface area contributed by atoms with Crippen molar-refractivity contribution >= 4 is 22.8 Å². The number of carbonyl (C=O) groups is 1. The van der Waals surface area contributed by atoms with Gasteiger partial charge in [0.2, 0.25) is 0 Å². The number of benzene rings is 2. The molecule has 136 valence electrons. The second-order valence-corrected chi connectivity index (χ2v) is 7.75. The van der Waals surface area contributed by atoms with Gasteiger partial charge in [0.25, 0.3) is 0 Å². The number of ketones is 1. The molecule has 2 aromatic carbocycles. The van der Waals surface area contributed by atoms with Crippen LogP contribution in [0.25, 0.3) is 0 Å². The predicted molar refractivity (Wildman–Crippen MR) is 108 cm³/mol. The molecule has 0 radical (unpaired) electrons. The lowest BCUT2D eigenvalue weighted by atomic mass is 9.68. The van der Waals surface area contributed by atoms with Gasteiger partial charge >= 0.3 is 0 Å². The van der Waals surface area contributed by atoms with E-state index in [4.69, 9.17) is 4.74 Å². The zero-order valence-electron chi connectivity index (χ0n) is 14.8. The molecule has 2 heterocycles. The van der Waals surface area contributed by atoms with Crippen molar-refractivity contribution in [3.8, 4) is 11.5 Å². The van der Waals surface area contributed by atoms with Crippen LogP contribution in [0.15, 0.2) is 48.5 Å². The first-order chi connectivity index (χ1) is 12.3. The molecule has 2 aliphatic heterocycles. The number of para-hydroxylation sites is 2. The number of piperidine rings is 1. The number of nitrogens with zero attached hydrogens (tertiary/aromatic N) is 1. The minimum atomic E-state index is -0.441. The maximum absolute atomic E-state index is 13.6. The Morgan fingerprint density at radius 2 is 1.62 bits per heavy atom.